The van der Waals surface area contributed by atoms with Crippen LogP contribution in [0, 0.1) is 0 Å². The van der Waals surface area contributed by atoms with Gasteiger partial charge < -0.3 is 14.6 Å². The van der Waals surface area contributed by atoms with Crippen molar-refractivity contribution in [1.29, 1.82) is 0 Å². The second-order valence-electron chi connectivity index (χ2n) is 8.26. The summed E-state index contributed by atoms with van der Waals surface area (Å²) in [5.74, 6) is -1.60. The van der Waals surface area contributed by atoms with Crippen LogP contribution in [-0.4, -0.2) is 30.8 Å². The Morgan fingerprint density at radius 2 is 2.00 bits per heavy atom. The Labute approximate surface area is 181 Å². The van der Waals surface area contributed by atoms with Crippen LogP contribution in [0.5, 0.6) is 5.75 Å². The van der Waals surface area contributed by atoms with Crippen LogP contribution >= 0.6 is 11.6 Å². The summed E-state index contributed by atoms with van der Waals surface area (Å²) >= 11 is 6.22. The number of carboxylic acid groups (broad SMARTS) is 1. The zero-order valence-electron chi connectivity index (χ0n) is 16.9. The van der Waals surface area contributed by atoms with Gasteiger partial charge in [-0.05, 0) is 72.6 Å². The predicted octanol–water partition coefficient (Wildman–Crippen LogP) is 4.67. The monoisotopic (exact) mass is 428 g/mol. The van der Waals surface area contributed by atoms with E-state index >= 15 is 0 Å². The van der Waals surface area contributed by atoms with Crippen LogP contribution in [0.3, 0.4) is 0 Å². The summed E-state index contributed by atoms with van der Waals surface area (Å²) in [6.07, 6.45) is 4.62. The van der Waals surface area contributed by atoms with Gasteiger partial charge in [0.1, 0.15) is 5.75 Å². The van der Waals surface area contributed by atoms with Crippen LogP contribution in [0.1, 0.15) is 53.9 Å². The summed E-state index contributed by atoms with van der Waals surface area (Å²) < 4.78 is 11.1. The van der Waals surface area contributed by atoms with Crippen LogP contribution in [0.4, 0.5) is 0 Å². The molecule has 2 aromatic carbocycles. The van der Waals surface area contributed by atoms with Gasteiger partial charge in [-0.3, -0.25) is 9.59 Å². The number of hydrogen-bond donors (Lipinski definition) is 1. The molecule has 2 aliphatic rings. The number of carboxylic acids is 1. The number of aliphatic carboxylic acids is 1. The Morgan fingerprint density at radius 1 is 1.17 bits per heavy atom. The lowest BCUT2D eigenvalue weighted by molar-refractivity contribution is -0.147. The van der Waals surface area contributed by atoms with Gasteiger partial charge in [0.25, 0.3) is 0 Å². The number of rotatable bonds is 4. The number of carbonyl (C=O) groups excluding carboxylic acids is 1. The molecule has 6 heteroatoms. The summed E-state index contributed by atoms with van der Waals surface area (Å²) in [7, 11) is 1.28. The Morgan fingerprint density at radius 3 is 2.77 bits per heavy atom. The van der Waals surface area contributed by atoms with Gasteiger partial charge in [-0.25, -0.2) is 0 Å². The van der Waals surface area contributed by atoms with Crippen molar-refractivity contribution in [1.82, 2.24) is 0 Å². The fraction of sp³-hybridized carbons (Fsp3) is 0.417. The molecule has 1 aliphatic carbocycles. The van der Waals surface area contributed by atoms with Crippen LogP contribution < -0.4 is 4.74 Å². The second kappa shape index (κ2) is 8.31. The van der Waals surface area contributed by atoms with E-state index in [1.165, 1.54) is 18.2 Å². The molecule has 0 bridgehead atoms. The fourth-order valence-corrected chi connectivity index (χ4v) is 5.11. The minimum atomic E-state index is -1.03. The number of carbonyl (C=O) groups is 2. The molecule has 0 saturated heterocycles. The molecular formula is C24H25ClO5. The van der Waals surface area contributed by atoms with E-state index in [1.54, 1.807) is 6.07 Å². The van der Waals surface area contributed by atoms with Gasteiger partial charge in [-0.1, -0.05) is 29.8 Å². The summed E-state index contributed by atoms with van der Waals surface area (Å²) in [6, 6.07) is 11.7. The highest BCUT2D eigenvalue weighted by Gasteiger charge is 2.39. The molecule has 0 saturated carbocycles. The van der Waals surface area contributed by atoms with Crippen molar-refractivity contribution >= 4 is 23.5 Å². The van der Waals surface area contributed by atoms with E-state index in [1.807, 2.05) is 18.2 Å². The normalized spacial score (nSPS) is 21.0. The Balaban J connectivity index is 1.64. The van der Waals surface area contributed by atoms with Gasteiger partial charge in [0.2, 0.25) is 0 Å². The van der Waals surface area contributed by atoms with Crippen LogP contribution in [-0.2, 0) is 32.6 Å². The van der Waals surface area contributed by atoms with Crippen molar-refractivity contribution in [2.24, 2.45) is 0 Å². The van der Waals surface area contributed by atoms with E-state index in [9.17, 15) is 14.7 Å². The first-order chi connectivity index (χ1) is 14.4. The number of aryl methyl sites for hydroxylation is 2. The second-order valence-corrected chi connectivity index (χ2v) is 8.70. The number of methoxy groups -OCH3 is 1. The molecule has 1 spiro atoms. The lowest BCUT2D eigenvalue weighted by Gasteiger charge is -2.38. The highest BCUT2D eigenvalue weighted by atomic mass is 35.5. The molecule has 30 heavy (non-hydrogen) atoms. The van der Waals surface area contributed by atoms with E-state index in [4.69, 9.17) is 21.1 Å². The molecule has 0 aromatic heterocycles. The van der Waals surface area contributed by atoms with Crippen molar-refractivity contribution in [3.8, 4) is 5.75 Å². The number of hydrogen-bond acceptors (Lipinski definition) is 4. The third kappa shape index (κ3) is 3.91. The average molecular weight is 429 g/mol. The molecule has 0 fully saturated rings. The van der Waals surface area contributed by atoms with Crippen LogP contribution in [0.25, 0.3) is 0 Å². The van der Waals surface area contributed by atoms with Crippen molar-refractivity contribution in [2.45, 2.75) is 49.9 Å². The van der Waals surface area contributed by atoms with E-state index in [0.29, 0.717) is 12.2 Å². The minimum absolute atomic E-state index is 0.0554. The Hall–Kier alpha value is -2.53. The lowest BCUT2D eigenvalue weighted by Crippen LogP contribution is -2.36. The number of halogens is 1. The maximum absolute atomic E-state index is 12.2. The summed E-state index contributed by atoms with van der Waals surface area (Å²) in [5, 5.41) is 9.97. The molecule has 1 unspecified atom stereocenters. The fourth-order valence-electron chi connectivity index (χ4n) is 4.92. The predicted molar refractivity (Wildman–Crippen MR) is 113 cm³/mol. The highest BCUT2D eigenvalue weighted by molar-refractivity contribution is 6.30. The molecule has 1 aliphatic heterocycles. The number of ether oxygens (including phenoxy) is 2. The SMILES string of the molecule is COC(=O)C(CC(=O)O)c1ccc2c(c1)CC[C@@]1(CCCc3cc(Cl)ccc31)CO2. The van der Waals surface area contributed by atoms with Crippen molar-refractivity contribution in [3.63, 3.8) is 0 Å². The Kier molecular flexibility index (Phi) is 5.74. The molecule has 0 amide bonds. The first-order valence-corrected chi connectivity index (χ1v) is 10.6. The summed E-state index contributed by atoms with van der Waals surface area (Å²) in [4.78, 5) is 23.4. The third-order valence-electron chi connectivity index (χ3n) is 6.47. The minimum Gasteiger partial charge on any atom is -0.492 e. The molecule has 5 nitrogen and oxygen atoms in total. The van der Waals surface area contributed by atoms with Gasteiger partial charge in [0.15, 0.2) is 0 Å². The molecule has 2 atom stereocenters. The largest absolute Gasteiger partial charge is 0.492 e. The summed E-state index contributed by atoms with van der Waals surface area (Å²) in [5.41, 5.74) is 4.23. The van der Waals surface area contributed by atoms with Crippen molar-refractivity contribution < 1.29 is 24.2 Å². The molecule has 2 aromatic rings. The van der Waals surface area contributed by atoms with Crippen molar-refractivity contribution in [3.05, 3.63) is 63.7 Å². The highest BCUT2D eigenvalue weighted by Crippen LogP contribution is 2.45. The quantitative estimate of drug-likeness (QED) is 0.716. The van der Waals surface area contributed by atoms with Gasteiger partial charge >= 0.3 is 11.9 Å². The van der Waals surface area contributed by atoms with Crippen molar-refractivity contribution in [2.75, 3.05) is 13.7 Å². The maximum atomic E-state index is 12.2. The first kappa shape index (κ1) is 20.7. The molecule has 0 radical (unpaired) electrons. The van der Waals surface area contributed by atoms with E-state index in [-0.39, 0.29) is 11.8 Å². The maximum Gasteiger partial charge on any atom is 0.313 e. The van der Waals surface area contributed by atoms with E-state index < -0.39 is 17.9 Å². The zero-order chi connectivity index (χ0) is 21.3. The van der Waals surface area contributed by atoms with Crippen LogP contribution in [0.2, 0.25) is 5.02 Å². The zero-order valence-corrected chi connectivity index (χ0v) is 17.7. The Bertz CT molecular complexity index is 986. The molecule has 1 heterocycles. The number of benzene rings is 2. The number of esters is 1. The standard InChI is InChI=1S/C24H25ClO5/c1-29-23(28)19(13-22(26)27)15-4-7-21-17(11-15)8-10-24(14-30-21)9-2-3-16-12-18(25)5-6-20(16)24/h4-7,11-12,19H,2-3,8-10,13-14H2,1H3,(H,26,27)/t19?,24-/m0/s1. The average Bonchev–Trinajstić information content (AvgIpc) is 2.91. The lowest BCUT2D eigenvalue weighted by atomic mass is 9.68. The van der Waals surface area contributed by atoms with Gasteiger partial charge in [-0.15, -0.1) is 0 Å². The van der Waals surface area contributed by atoms with E-state index in [2.05, 4.69) is 12.1 Å². The third-order valence-corrected chi connectivity index (χ3v) is 6.70. The molecular weight excluding hydrogens is 404 g/mol. The molecule has 1 N–H and O–H groups in total. The van der Waals surface area contributed by atoms with Gasteiger partial charge in [-0.2, -0.15) is 0 Å². The van der Waals surface area contributed by atoms with Gasteiger partial charge in [0, 0.05) is 10.4 Å². The van der Waals surface area contributed by atoms with Gasteiger partial charge in [0.05, 0.1) is 26.1 Å². The smallest absolute Gasteiger partial charge is 0.313 e. The first-order valence-electron chi connectivity index (χ1n) is 10.3. The topological polar surface area (TPSA) is 72.8 Å². The molecule has 158 valence electrons. The number of fused-ring (bicyclic) bond motifs is 3. The summed E-state index contributed by atoms with van der Waals surface area (Å²) in [6.45, 7) is 0.601. The van der Waals surface area contributed by atoms with E-state index in [0.717, 1.165) is 48.4 Å². The molecule has 4 rings (SSSR count). The van der Waals surface area contributed by atoms with Crippen LogP contribution in [0.15, 0.2) is 36.4 Å².